The van der Waals surface area contributed by atoms with Crippen molar-refractivity contribution in [3.63, 3.8) is 0 Å². The molecule has 1 unspecified atom stereocenters. The number of amides is 1. The molecule has 1 amide bonds. The Hall–Kier alpha value is -3.40. The van der Waals surface area contributed by atoms with Crippen LogP contribution in [-0.4, -0.2) is 11.9 Å². The van der Waals surface area contributed by atoms with Gasteiger partial charge in [-0.05, 0) is 28.0 Å². The highest BCUT2D eigenvalue weighted by Crippen LogP contribution is 2.22. The van der Waals surface area contributed by atoms with E-state index in [-0.39, 0.29) is 11.9 Å². The average Bonchev–Trinajstić information content (AvgIpc) is 2.62. The summed E-state index contributed by atoms with van der Waals surface area (Å²) in [6.45, 7) is 0. The second-order valence-electron chi connectivity index (χ2n) is 5.73. The van der Waals surface area contributed by atoms with Gasteiger partial charge in [-0.3, -0.25) is 4.79 Å². The molecule has 4 N–H and O–H groups in total. The maximum absolute atomic E-state index is 12.4. The third kappa shape index (κ3) is 4.12. The molecule has 0 fully saturated rings. The van der Waals surface area contributed by atoms with Gasteiger partial charge in [0.2, 0.25) is 0 Å². The van der Waals surface area contributed by atoms with Crippen molar-refractivity contribution in [1.82, 2.24) is 0 Å². The summed E-state index contributed by atoms with van der Waals surface area (Å²) < 4.78 is 0. The summed E-state index contributed by atoms with van der Waals surface area (Å²) in [4.78, 5) is 16.1. The van der Waals surface area contributed by atoms with Crippen molar-refractivity contribution in [3.05, 3.63) is 90.0 Å². The summed E-state index contributed by atoms with van der Waals surface area (Å²) >= 11 is 0. The van der Waals surface area contributed by atoms with Gasteiger partial charge >= 0.3 is 0 Å². The van der Waals surface area contributed by atoms with E-state index in [1.807, 2.05) is 60.7 Å². The van der Waals surface area contributed by atoms with E-state index >= 15 is 0 Å². The quantitative estimate of drug-likeness (QED) is 0.568. The molecular formula is C21H19N3O. The summed E-state index contributed by atoms with van der Waals surface area (Å²) in [6.07, 6.45) is 3.75. The molecule has 3 aromatic rings. The Labute approximate surface area is 146 Å². The Morgan fingerprint density at radius 3 is 2.28 bits per heavy atom. The van der Waals surface area contributed by atoms with E-state index in [1.165, 1.54) is 5.39 Å². The van der Waals surface area contributed by atoms with Crippen LogP contribution in [0.1, 0.15) is 17.0 Å². The third-order valence-corrected chi connectivity index (χ3v) is 3.92. The lowest BCUT2D eigenvalue weighted by molar-refractivity contribution is -0.118. The van der Waals surface area contributed by atoms with E-state index in [9.17, 15) is 4.79 Å². The van der Waals surface area contributed by atoms with Crippen LogP contribution < -0.4 is 11.5 Å². The smallest absolute Gasteiger partial charge is 0.260 e. The Morgan fingerprint density at radius 2 is 1.56 bits per heavy atom. The van der Waals surface area contributed by atoms with Crippen LogP contribution in [0.3, 0.4) is 0 Å². The molecular weight excluding hydrogens is 310 g/mol. The lowest BCUT2D eigenvalue weighted by atomic mass is 9.96. The largest absolute Gasteiger partial charge is 0.370 e. The molecule has 124 valence electrons. The van der Waals surface area contributed by atoms with E-state index < -0.39 is 5.92 Å². The van der Waals surface area contributed by atoms with Crippen LogP contribution in [0, 0.1) is 0 Å². The molecule has 0 aliphatic heterocycles. The van der Waals surface area contributed by atoms with Gasteiger partial charge in [0, 0.05) is 0 Å². The van der Waals surface area contributed by atoms with Gasteiger partial charge < -0.3 is 11.5 Å². The van der Waals surface area contributed by atoms with Crippen molar-refractivity contribution < 1.29 is 4.79 Å². The predicted octanol–water partition coefficient (Wildman–Crippen LogP) is 3.44. The lowest BCUT2D eigenvalue weighted by Gasteiger charge is -2.09. The zero-order valence-corrected chi connectivity index (χ0v) is 13.7. The second kappa shape index (κ2) is 7.45. The van der Waals surface area contributed by atoms with Gasteiger partial charge in [-0.25, -0.2) is 0 Å². The Balaban J connectivity index is 1.94. The third-order valence-electron chi connectivity index (χ3n) is 3.92. The molecule has 0 aliphatic rings. The highest BCUT2D eigenvalue weighted by molar-refractivity contribution is 5.96. The molecule has 25 heavy (non-hydrogen) atoms. The van der Waals surface area contributed by atoms with Gasteiger partial charge in [-0.1, -0.05) is 78.9 Å². The van der Waals surface area contributed by atoms with Crippen LogP contribution in [0.25, 0.3) is 16.8 Å². The zero-order chi connectivity index (χ0) is 17.6. The highest BCUT2D eigenvalue weighted by Gasteiger charge is 2.17. The number of benzene rings is 3. The number of nitrogens with zero attached hydrogens (tertiary/aromatic N) is 1. The fourth-order valence-electron chi connectivity index (χ4n) is 2.71. The number of carbonyl (C=O) groups is 1. The van der Waals surface area contributed by atoms with Crippen LogP contribution in [0.15, 0.2) is 83.9 Å². The second-order valence-corrected chi connectivity index (χ2v) is 5.73. The molecule has 0 aliphatic carbocycles. The topological polar surface area (TPSA) is 81.5 Å². The summed E-state index contributed by atoms with van der Waals surface area (Å²) in [7, 11) is 0. The first-order chi connectivity index (χ1) is 12.1. The van der Waals surface area contributed by atoms with Crippen molar-refractivity contribution in [1.29, 1.82) is 0 Å². The van der Waals surface area contributed by atoms with Crippen LogP contribution >= 0.6 is 0 Å². The van der Waals surface area contributed by atoms with Gasteiger partial charge in [0.15, 0.2) is 5.96 Å². The van der Waals surface area contributed by atoms with Crippen molar-refractivity contribution in [2.75, 3.05) is 0 Å². The van der Waals surface area contributed by atoms with Crippen molar-refractivity contribution in [3.8, 4) is 0 Å². The molecule has 4 nitrogen and oxygen atoms in total. The van der Waals surface area contributed by atoms with E-state index in [4.69, 9.17) is 11.5 Å². The molecule has 0 saturated carbocycles. The fraction of sp³-hybridized carbons (Fsp3) is 0.0476. The number of fused-ring (bicyclic) bond motifs is 1. The normalized spacial score (nSPS) is 12.2. The van der Waals surface area contributed by atoms with Crippen LogP contribution in [0.4, 0.5) is 0 Å². The molecule has 0 spiro atoms. The van der Waals surface area contributed by atoms with Gasteiger partial charge in [0.25, 0.3) is 5.91 Å². The van der Waals surface area contributed by atoms with Gasteiger partial charge in [-0.15, -0.1) is 0 Å². The summed E-state index contributed by atoms with van der Waals surface area (Å²) in [5, 5.41) is 2.33. The first-order valence-electron chi connectivity index (χ1n) is 7.99. The Morgan fingerprint density at radius 1 is 0.880 bits per heavy atom. The first-order valence-corrected chi connectivity index (χ1v) is 7.99. The number of hydrogen-bond acceptors (Lipinski definition) is 1. The maximum atomic E-state index is 12.4. The predicted molar refractivity (Wildman–Crippen MR) is 103 cm³/mol. The maximum Gasteiger partial charge on any atom is 0.260 e. The van der Waals surface area contributed by atoms with Crippen molar-refractivity contribution in [2.45, 2.75) is 5.92 Å². The molecule has 0 heterocycles. The molecule has 0 bridgehead atoms. The number of rotatable bonds is 4. The number of nitrogens with two attached hydrogens (primary N) is 2. The van der Waals surface area contributed by atoms with Crippen LogP contribution in [0.2, 0.25) is 0 Å². The molecule has 0 radical (unpaired) electrons. The zero-order valence-electron chi connectivity index (χ0n) is 13.7. The fourth-order valence-corrected chi connectivity index (χ4v) is 2.71. The number of aliphatic imine (C=N–C) groups is 1. The minimum atomic E-state index is -0.533. The standard InChI is InChI=1S/C21H19N3O/c22-21(23)24-20(25)19(17-7-2-1-3-8-17)13-11-15-10-12-16-6-4-5-9-18(16)14-15/h1-14,19H,(H4,22,23,24,25)/b13-11+. The highest BCUT2D eigenvalue weighted by atomic mass is 16.1. The van der Waals surface area contributed by atoms with E-state index in [0.29, 0.717) is 0 Å². The van der Waals surface area contributed by atoms with Gasteiger partial charge in [0.05, 0.1) is 5.92 Å². The molecule has 1 atom stereocenters. The van der Waals surface area contributed by atoms with Crippen molar-refractivity contribution in [2.24, 2.45) is 16.5 Å². The van der Waals surface area contributed by atoms with Gasteiger partial charge in [0.1, 0.15) is 0 Å². The lowest BCUT2D eigenvalue weighted by Crippen LogP contribution is -2.25. The minimum Gasteiger partial charge on any atom is -0.370 e. The first kappa shape index (κ1) is 16.5. The summed E-state index contributed by atoms with van der Waals surface area (Å²) in [5.41, 5.74) is 12.6. The average molecular weight is 329 g/mol. The molecule has 3 aromatic carbocycles. The number of carbonyl (C=O) groups excluding carboxylic acids is 1. The Kier molecular flexibility index (Phi) is 4.90. The van der Waals surface area contributed by atoms with E-state index in [2.05, 4.69) is 29.3 Å². The van der Waals surface area contributed by atoms with E-state index in [1.54, 1.807) is 0 Å². The van der Waals surface area contributed by atoms with Crippen LogP contribution in [-0.2, 0) is 4.79 Å². The monoisotopic (exact) mass is 329 g/mol. The Bertz CT molecular complexity index is 942. The summed E-state index contributed by atoms with van der Waals surface area (Å²) in [5.74, 6) is -1.15. The van der Waals surface area contributed by atoms with Crippen molar-refractivity contribution >= 4 is 28.7 Å². The molecule has 4 heteroatoms. The SMILES string of the molecule is NC(N)=NC(=O)C(/C=C/c1ccc2ccccc2c1)c1ccccc1. The van der Waals surface area contributed by atoms with Crippen LogP contribution in [0.5, 0.6) is 0 Å². The van der Waals surface area contributed by atoms with E-state index in [0.717, 1.165) is 16.5 Å². The van der Waals surface area contributed by atoms with Gasteiger partial charge in [-0.2, -0.15) is 4.99 Å². The number of guanidine groups is 1. The molecule has 3 rings (SSSR count). The number of hydrogen-bond donors (Lipinski definition) is 2. The molecule has 0 saturated heterocycles. The molecule has 0 aromatic heterocycles. The summed E-state index contributed by atoms with van der Waals surface area (Å²) in [6, 6.07) is 23.7. The minimum absolute atomic E-state index is 0.231.